The lowest BCUT2D eigenvalue weighted by atomic mass is 10.1. The van der Waals surface area contributed by atoms with Crippen LogP contribution >= 0.6 is 22.6 Å². The Labute approximate surface area is 120 Å². The summed E-state index contributed by atoms with van der Waals surface area (Å²) in [7, 11) is 0. The molecular formula is C15H24IN. The Bertz CT molecular complexity index is 312. The Hall–Kier alpha value is -0.250. The first-order valence-electron chi connectivity index (χ1n) is 6.75. The van der Waals surface area contributed by atoms with Crippen LogP contribution in [0.4, 0.5) is 5.69 Å². The third-order valence-corrected chi connectivity index (χ3v) is 3.96. The van der Waals surface area contributed by atoms with Crippen molar-refractivity contribution in [2.45, 2.75) is 58.4 Å². The van der Waals surface area contributed by atoms with Gasteiger partial charge in [-0.2, -0.15) is 0 Å². The minimum atomic E-state index is 0.576. The van der Waals surface area contributed by atoms with Crippen molar-refractivity contribution in [1.82, 2.24) is 0 Å². The first-order valence-corrected chi connectivity index (χ1v) is 7.83. The van der Waals surface area contributed by atoms with Gasteiger partial charge in [0.2, 0.25) is 0 Å². The molecule has 1 aromatic rings. The van der Waals surface area contributed by atoms with Crippen LogP contribution in [0.3, 0.4) is 0 Å². The first kappa shape index (κ1) is 14.8. The van der Waals surface area contributed by atoms with Crippen molar-refractivity contribution in [3.8, 4) is 0 Å². The van der Waals surface area contributed by atoms with Crippen LogP contribution in [-0.2, 0) is 0 Å². The van der Waals surface area contributed by atoms with Crippen LogP contribution in [0.25, 0.3) is 0 Å². The van der Waals surface area contributed by atoms with Gasteiger partial charge < -0.3 is 5.32 Å². The van der Waals surface area contributed by atoms with Crippen molar-refractivity contribution in [2.75, 3.05) is 5.32 Å². The Balaban J connectivity index is 2.21. The molecule has 96 valence electrons. The van der Waals surface area contributed by atoms with Gasteiger partial charge in [-0.05, 0) is 48.1 Å². The van der Waals surface area contributed by atoms with E-state index in [1.807, 2.05) is 0 Å². The summed E-state index contributed by atoms with van der Waals surface area (Å²) in [5, 5.41) is 3.59. The van der Waals surface area contributed by atoms with E-state index in [4.69, 9.17) is 0 Å². The maximum absolute atomic E-state index is 3.59. The van der Waals surface area contributed by atoms with Gasteiger partial charge in [0.25, 0.3) is 0 Å². The van der Waals surface area contributed by atoms with E-state index < -0.39 is 0 Å². The van der Waals surface area contributed by atoms with Crippen LogP contribution in [0.1, 0.15) is 52.4 Å². The molecule has 0 aromatic heterocycles. The Morgan fingerprint density at radius 3 is 2.53 bits per heavy atom. The highest BCUT2D eigenvalue weighted by atomic mass is 127. The first-order chi connectivity index (χ1) is 8.24. The summed E-state index contributed by atoms with van der Waals surface area (Å²) in [6, 6.07) is 9.07. The molecule has 0 saturated heterocycles. The normalized spacial score (nSPS) is 12.4. The van der Waals surface area contributed by atoms with Crippen molar-refractivity contribution in [3.63, 3.8) is 0 Å². The molecule has 0 aliphatic rings. The maximum atomic E-state index is 3.59. The highest BCUT2D eigenvalue weighted by Gasteiger charge is 2.03. The fourth-order valence-corrected chi connectivity index (χ4v) is 2.51. The van der Waals surface area contributed by atoms with Gasteiger partial charge in [-0.15, -0.1) is 0 Å². The van der Waals surface area contributed by atoms with E-state index in [0.29, 0.717) is 6.04 Å². The van der Waals surface area contributed by atoms with E-state index in [1.165, 1.54) is 47.8 Å². The monoisotopic (exact) mass is 345 g/mol. The maximum Gasteiger partial charge on any atom is 0.0477 e. The minimum Gasteiger partial charge on any atom is -0.382 e. The molecule has 0 fully saturated rings. The average Bonchev–Trinajstić information content (AvgIpc) is 2.32. The van der Waals surface area contributed by atoms with Gasteiger partial charge >= 0.3 is 0 Å². The molecule has 0 aliphatic carbocycles. The highest BCUT2D eigenvalue weighted by Crippen LogP contribution is 2.19. The zero-order chi connectivity index (χ0) is 12.5. The second-order valence-electron chi connectivity index (χ2n) is 4.73. The topological polar surface area (TPSA) is 12.0 Å². The number of rotatable bonds is 8. The smallest absolute Gasteiger partial charge is 0.0477 e. The van der Waals surface area contributed by atoms with Crippen LogP contribution in [-0.4, -0.2) is 6.04 Å². The van der Waals surface area contributed by atoms with Crippen molar-refractivity contribution < 1.29 is 0 Å². The SMILES string of the molecule is CCCCCCCC(C)Nc1ccccc1I. The molecule has 0 saturated carbocycles. The van der Waals surface area contributed by atoms with E-state index in [-0.39, 0.29) is 0 Å². The predicted molar refractivity (Wildman–Crippen MR) is 85.6 cm³/mol. The fourth-order valence-electron chi connectivity index (χ4n) is 1.97. The van der Waals surface area contributed by atoms with Crippen molar-refractivity contribution >= 4 is 28.3 Å². The van der Waals surface area contributed by atoms with Crippen LogP contribution in [0, 0.1) is 3.57 Å². The predicted octanol–water partition coefficient (Wildman–Crippen LogP) is 5.45. The average molecular weight is 345 g/mol. The molecule has 0 bridgehead atoms. The summed E-state index contributed by atoms with van der Waals surface area (Å²) in [5.74, 6) is 0. The third-order valence-electron chi connectivity index (χ3n) is 3.02. The Kier molecular flexibility index (Phi) is 7.65. The quantitative estimate of drug-likeness (QED) is 0.488. The molecule has 0 amide bonds. The third kappa shape index (κ3) is 6.29. The van der Waals surface area contributed by atoms with Crippen molar-refractivity contribution in [2.24, 2.45) is 0 Å². The van der Waals surface area contributed by atoms with Crippen LogP contribution in [0.15, 0.2) is 24.3 Å². The summed E-state index contributed by atoms with van der Waals surface area (Å²) in [6.07, 6.45) is 8.11. The number of anilines is 1. The van der Waals surface area contributed by atoms with Gasteiger partial charge in [-0.1, -0.05) is 51.2 Å². The molecule has 0 aliphatic heterocycles. The summed E-state index contributed by atoms with van der Waals surface area (Å²) >= 11 is 2.39. The summed E-state index contributed by atoms with van der Waals surface area (Å²) < 4.78 is 1.31. The Morgan fingerprint density at radius 1 is 1.12 bits per heavy atom. The molecule has 1 aromatic carbocycles. The molecule has 2 heteroatoms. The van der Waals surface area contributed by atoms with E-state index in [2.05, 4.69) is 66.0 Å². The number of unbranched alkanes of at least 4 members (excludes halogenated alkanes) is 4. The lowest BCUT2D eigenvalue weighted by Crippen LogP contribution is -2.15. The van der Waals surface area contributed by atoms with Gasteiger partial charge in [-0.3, -0.25) is 0 Å². The van der Waals surface area contributed by atoms with Crippen LogP contribution in [0.5, 0.6) is 0 Å². The molecule has 1 unspecified atom stereocenters. The zero-order valence-corrected chi connectivity index (χ0v) is 13.2. The number of benzene rings is 1. The summed E-state index contributed by atoms with van der Waals surface area (Å²) in [5.41, 5.74) is 1.27. The van der Waals surface area contributed by atoms with Gasteiger partial charge in [0.1, 0.15) is 0 Å². The number of halogens is 1. The molecular weight excluding hydrogens is 321 g/mol. The number of hydrogen-bond donors (Lipinski definition) is 1. The summed E-state index contributed by atoms with van der Waals surface area (Å²) in [6.45, 7) is 4.55. The molecule has 1 nitrogen and oxygen atoms in total. The van der Waals surface area contributed by atoms with E-state index in [9.17, 15) is 0 Å². The molecule has 1 atom stereocenters. The van der Waals surface area contributed by atoms with E-state index in [1.54, 1.807) is 0 Å². The number of hydrogen-bond acceptors (Lipinski definition) is 1. The largest absolute Gasteiger partial charge is 0.382 e. The minimum absolute atomic E-state index is 0.576. The van der Waals surface area contributed by atoms with Gasteiger partial charge in [0.15, 0.2) is 0 Å². The van der Waals surface area contributed by atoms with Crippen molar-refractivity contribution in [3.05, 3.63) is 27.8 Å². The lowest BCUT2D eigenvalue weighted by Gasteiger charge is -2.16. The number of para-hydroxylation sites is 1. The molecule has 1 rings (SSSR count). The van der Waals surface area contributed by atoms with Crippen LogP contribution in [0.2, 0.25) is 0 Å². The number of nitrogens with one attached hydrogen (secondary N) is 1. The van der Waals surface area contributed by atoms with Gasteiger partial charge in [-0.25, -0.2) is 0 Å². The molecule has 17 heavy (non-hydrogen) atoms. The molecule has 1 N–H and O–H groups in total. The molecule has 0 spiro atoms. The van der Waals surface area contributed by atoms with Gasteiger partial charge in [0.05, 0.1) is 0 Å². The molecule has 0 radical (unpaired) electrons. The van der Waals surface area contributed by atoms with Crippen LogP contribution < -0.4 is 5.32 Å². The zero-order valence-electron chi connectivity index (χ0n) is 11.0. The highest BCUT2D eigenvalue weighted by molar-refractivity contribution is 14.1. The lowest BCUT2D eigenvalue weighted by molar-refractivity contribution is 0.578. The second kappa shape index (κ2) is 8.78. The van der Waals surface area contributed by atoms with Gasteiger partial charge in [0, 0.05) is 15.3 Å². The van der Waals surface area contributed by atoms with E-state index in [0.717, 1.165) is 0 Å². The standard InChI is InChI=1S/C15H24IN/c1-3-4-5-6-7-10-13(2)17-15-12-9-8-11-14(15)16/h8-9,11-13,17H,3-7,10H2,1-2H3. The Morgan fingerprint density at radius 2 is 1.82 bits per heavy atom. The fraction of sp³-hybridized carbons (Fsp3) is 0.600. The van der Waals surface area contributed by atoms with Crippen molar-refractivity contribution in [1.29, 1.82) is 0 Å². The second-order valence-corrected chi connectivity index (χ2v) is 5.89. The molecule has 0 heterocycles. The summed E-state index contributed by atoms with van der Waals surface area (Å²) in [4.78, 5) is 0. The van der Waals surface area contributed by atoms with E-state index >= 15 is 0 Å².